The minimum atomic E-state index is 0.676. The van der Waals surface area contributed by atoms with Gasteiger partial charge in [-0.2, -0.15) is 0 Å². The number of ether oxygens (including phenoxy) is 2. The van der Waals surface area contributed by atoms with Gasteiger partial charge in [0, 0.05) is 6.54 Å². The maximum atomic E-state index is 5.75. The Labute approximate surface area is 133 Å². The normalized spacial score (nSPS) is 10.3. The van der Waals surface area contributed by atoms with Crippen LogP contribution in [-0.4, -0.2) is 19.8 Å². The summed E-state index contributed by atoms with van der Waals surface area (Å²) in [4.78, 5) is 0. The summed E-state index contributed by atoms with van der Waals surface area (Å²) in [7, 11) is 0. The van der Waals surface area contributed by atoms with E-state index in [-0.39, 0.29) is 0 Å². The molecule has 0 aliphatic rings. The maximum Gasteiger partial charge on any atom is 0.142 e. The predicted octanol–water partition coefficient (Wildman–Crippen LogP) is 4.53. The molecule has 3 heteroatoms. The molecule has 1 N–H and O–H groups in total. The Kier molecular flexibility index (Phi) is 6.62. The summed E-state index contributed by atoms with van der Waals surface area (Å²) >= 11 is 0. The zero-order valence-corrected chi connectivity index (χ0v) is 13.5. The minimum absolute atomic E-state index is 0.676. The Balaban J connectivity index is 1.70. The van der Waals surface area contributed by atoms with Gasteiger partial charge in [-0.1, -0.05) is 31.2 Å². The van der Waals surface area contributed by atoms with Crippen LogP contribution in [0, 0.1) is 0 Å². The van der Waals surface area contributed by atoms with Gasteiger partial charge in [-0.15, -0.1) is 0 Å². The molecular weight excluding hydrogens is 274 g/mol. The van der Waals surface area contributed by atoms with Crippen LogP contribution >= 0.6 is 0 Å². The van der Waals surface area contributed by atoms with Crippen LogP contribution in [0.2, 0.25) is 0 Å². The minimum Gasteiger partial charge on any atom is -0.494 e. The second kappa shape index (κ2) is 8.98. The van der Waals surface area contributed by atoms with E-state index in [1.54, 1.807) is 0 Å². The molecule has 0 heterocycles. The smallest absolute Gasteiger partial charge is 0.142 e. The highest BCUT2D eigenvalue weighted by Crippen LogP contribution is 2.23. The third-order valence-electron chi connectivity index (χ3n) is 3.42. The Bertz CT molecular complexity index is 552. The average molecular weight is 299 g/mol. The number of benzene rings is 2. The van der Waals surface area contributed by atoms with Gasteiger partial charge < -0.3 is 14.8 Å². The molecule has 2 rings (SSSR count). The summed E-state index contributed by atoms with van der Waals surface area (Å²) < 4.78 is 11.3. The second-order valence-corrected chi connectivity index (χ2v) is 5.06. The summed E-state index contributed by atoms with van der Waals surface area (Å²) in [5.41, 5.74) is 2.37. The van der Waals surface area contributed by atoms with Gasteiger partial charge in [0.2, 0.25) is 0 Å². The lowest BCUT2D eigenvalue weighted by Gasteiger charge is -2.12. The van der Waals surface area contributed by atoms with E-state index in [4.69, 9.17) is 9.47 Å². The van der Waals surface area contributed by atoms with E-state index in [0.717, 1.165) is 36.6 Å². The summed E-state index contributed by atoms with van der Waals surface area (Å²) in [5.74, 6) is 1.84. The van der Waals surface area contributed by atoms with Crippen LogP contribution in [0.15, 0.2) is 48.5 Å². The van der Waals surface area contributed by atoms with Crippen molar-refractivity contribution in [1.82, 2.24) is 0 Å². The molecule has 0 aliphatic carbocycles. The first-order chi connectivity index (χ1) is 10.8. The van der Waals surface area contributed by atoms with Crippen molar-refractivity contribution in [1.29, 1.82) is 0 Å². The fourth-order valence-electron chi connectivity index (χ4n) is 2.20. The van der Waals surface area contributed by atoms with E-state index < -0.39 is 0 Å². The van der Waals surface area contributed by atoms with Crippen molar-refractivity contribution in [3.8, 4) is 11.5 Å². The molecule has 2 aromatic rings. The molecule has 0 saturated heterocycles. The predicted molar refractivity (Wildman–Crippen MR) is 92.0 cm³/mol. The lowest BCUT2D eigenvalue weighted by Crippen LogP contribution is -2.08. The number of hydrogen-bond donors (Lipinski definition) is 1. The topological polar surface area (TPSA) is 30.5 Å². The van der Waals surface area contributed by atoms with Crippen molar-refractivity contribution in [2.75, 3.05) is 25.1 Å². The Morgan fingerprint density at radius 1 is 0.909 bits per heavy atom. The SMILES string of the molecule is CCOc1ccccc1NCCCOc1ccc(CC)cc1. The van der Waals surface area contributed by atoms with Gasteiger partial charge in [-0.3, -0.25) is 0 Å². The van der Waals surface area contributed by atoms with Crippen LogP contribution in [0.1, 0.15) is 25.8 Å². The molecule has 0 aromatic heterocycles. The number of hydrogen-bond acceptors (Lipinski definition) is 3. The zero-order valence-electron chi connectivity index (χ0n) is 13.5. The molecule has 0 saturated carbocycles. The Morgan fingerprint density at radius 2 is 1.68 bits per heavy atom. The molecule has 0 bridgehead atoms. The van der Waals surface area contributed by atoms with Crippen molar-refractivity contribution in [2.45, 2.75) is 26.7 Å². The maximum absolute atomic E-state index is 5.75. The summed E-state index contributed by atoms with van der Waals surface area (Å²) in [6.45, 7) is 6.39. The third-order valence-corrected chi connectivity index (χ3v) is 3.42. The molecule has 0 fully saturated rings. The van der Waals surface area contributed by atoms with Crippen molar-refractivity contribution in [3.05, 3.63) is 54.1 Å². The van der Waals surface area contributed by atoms with E-state index in [2.05, 4.69) is 24.4 Å². The Morgan fingerprint density at radius 3 is 2.41 bits per heavy atom. The first kappa shape index (κ1) is 16.2. The van der Waals surface area contributed by atoms with Crippen molar-refractivity contribution in [2.24, 2.45) is 0 Å². The zero-order chi connectivity index (χ0) is 15.6. The monoisotopic (exact) mass is 299 g/mol. The third kappa shape index (κ3) is 4.99. The number of aryl methyl sites for hydroxylation is 1. The first-order valence-corrected chi connectivity index (χ1v) is 8.01. The molecule has 0 amide bonds. The van der Waals surface area contributed by atoms with Gasteiger partial charge in [0.05, 0.1) is 18.9 Å². The van der Waals surface area contributed by atoms with Crippen LogP contribution in [-0.2, 0) is 6.42 Å². The summed E-state index contributed by atoms with van der Waals surface area (Å²) in [6, 6.07) is 16.3. The van der Waals surface area contributed by atoms with Crippen LogP contribution < -0.4 is 14.8 Å². The summed E-state index contributed by atoms with van der Waals surface area (Å²) in [5, 5.41) is 3.40. The lowest BCUT2D eigenvalue weighted by atomic mass is 10.2. The summed E-state index contributed by atoms with van der Waals surface area (Å²) in [6.07, 6.45) is 2.00. The number of anilines is 1. The van der Waals surface area contributed by atoms with Crippen molar-refractivity contribution in [3.63, 3.8) is 0 Å². The molecule has 2 aromatic carbocycles. The molecule has 0 radical (unpaired) electrons. The van der Waals surface area contributed by atoms with Gasteiger partial charge in [0.25, 0.3) is 0 Å². The van der Waals surface area contributed by atoms with Gasteiger partial charge in [0.15, 0.2) is 0 Å². The van der Waals surface area contributed by atoms with Gasteiger partial charge in [-0.05, 0) is 49.6 Å². The van der Waals surface area contributed by atoms with E-state index >= 15 is 0 Å². The quantitative estimate of drug-likeness (QED) is 0.690. The molecule has 0 atom stereocenters. The molecule has 3 nitrogen and oxygen atoms in total. The standard InChI is InChI=1S/C19H25NO2/c1-3-16-10-12-17(13-11-16)22-15-7-14-20-18-8-5-6-9-19(18)21-4-2/h5-6,8-13,20H,3-4,7,14-15H2,1-2H3. The van der Waals surface area contributed by atoms with E-state index in [1.165, 1.54) is 5.56 Å². The van der Waals surface area contributed by atoms with E-state index in [0.29, 0.717) is 13.2 Å². The highest BCUT2D eigenvalue weighted by Gasteiger charge is 2.01. The van der Waals surface area contributed by atoms with Gasteiger partial charge >= 0.3 is 0 Å². The van der Waals surface area contributed by atoms with Crippen LogP contribution in [0.25, 0.3) is 0 Å². The number of nitrogens with one attached hydrogen (secondary N) is 1. The van der Waals surface area contributed by atoms with E-state index in [9.17, 15) is 0 Å². The first-order valence-electron chi connectivity index (χ1n) is 8.01. The largest absolute Gasteiger partial charge is 0.494 e. The van der Waals surface area contributed by atoms with Gasteiger partial charge in [0.1, 0.15) is 11.5 Å². The van der Waals surface area contributed by atoms with Crippen LogP contribution in [0.3, 0.4) is 0 Å². The molecule has 0 aliphatic heterocycles. The van der Waals surface area contributed by atoms with Crippen LogP contribution in [0.4, 0.5) is 5.69 Å². The molecule has 22 heavy (non-hydrogen) atoms. The highest BCUT2D eigenvalue weighted by molar-refractivity contribution is 5.56. The Hall–Kier alpha value is -2.16. The van der Waals surface area contributed by atoms with Crippen molar-refractivity contribution < 1.29 is 9.47 Å². The second-order valence-electron chi connectivity index (χ2n) is 5.06. The molecule has 118 valence electrons. The van der Waals surface area contributed by atoms with E-state index in [1.807, 2.05) is 43.3 Å². The molecule has 0 unspecified atom stereocenters. The molecule has 0 spiro atoms. The highest BCUT2D eigenvalue weighted by atomic mass is 16.5. The van der Waals surface area contributed by atoms with Gasteiger partial charge in [-0.25, -0.2) is 0 Å². The fourth-order valence-corrected chi connectivity index (χ4v) is 2.20. The van der Waals surface area contributed by atoms with Crippen LogP contribution in [0.5, 0.6) is 11.5 Å². The number of para-hydroxylation sites is 2. The fraction of sp³-hybridized carbons (Fsp3) is 0.368. The molecular formula is C19H25NO2. The average Bonchev–Trinajstić information content (AvgIpc) is 2.57. The number of rotatable bonds is 9. The lowest BCUT2D eigenvalue weighted by molar-refractivity contribution is 0.314. The van der Waals surface area contributed by atoms with Crippen molar-refractivity contribution >= 4 is 5.69 Å².